The molecule has 2 aromatic heterocycles. The molecule has 53 heavy (non-hydrogen) atoms. The van der Waals surface area contributed by atoms with Crippen molar-refractivity contribution in [2.24, 2.45) is 21.5 Å². The Morgan fingerprint density at radius 1 is 0.811 bits per heavy atom. The van der Waals surface area contributed by atoms with Gasteiger partial charge in [-0.15, -0.1) is 0 Å². The van der Waals surface area contributed by atoms with Gasteiger partial charge in [0.2, 0.25) is 0 Å². The Hall–Kier alpha value is -5.07. The molecule has 1 unspecified atom stereocenters. The Balaban J connectivity index is 0.000000476. The van der Waals surface area contributed by atoms with Gasteiger partial charge in [0.05, 0.1) is 0 Å². The average Bonchev–Trinajstić information content (AvgIpc) is 3.73. The number of nitrogens with two attached hydrogens (primary N) is 2. The summed E-state index contributed by atoms with van der Waals surface area (Å²) >= 11 is 0.463. The number of hydrogen-bond acceptors (Lipinski definition) is 7. The molecule has 7 N–H and O–H groups in total. The van der Waals surface area contributed by atoms with Crippen LogP contribution in [0.1, 0.15) is 86.0 Å². The van der Waals surface area contributed by atoms with Crippen LogP contribution in [0.25, 0.3) is 30.4 Å². The van der Waals surface area contributed by atoms with Crippen LogP contribution in [0.3, 0.4) is 0 Å². The van der Waals surface area contributed by atoms with E-state index in [0.717, 1.165) is 96.6 Å². The number of nitrogens with zero attached hydrogens (tertiary/aromatic N) is 4. The van der Waals surface area contributed by atoms with E-state index in [-0.39, 0.29) is 12.8 Å². The van der Waals surface area contributed by atoms with Crippen molar-refractivity contribution in [3.8, 4) is 0 Å². The fraction of sp³-hybridized carbons (Fsp3) is 0.325. The number of carboxylic acids is 3. The predicted octanol–water partition coefficient (Wildman–Crippen LogP) is 4.27. The molecular weight excluding hydrogens is 716 g/mol. The molecule has 0 saturated heterocycles. The molecule has 0 spiro atoms. The first-order valence-corrected chi connectivity index (χ1v) is 18.4. The zero-order chi connectivity index (χ0) is 38.7. The maximum Gasteiger partial charge on any atom is 0.320 e. The molecule has 2 aromatic rings. The van der Waals surface area contributed by atoms with E-state index in [1.165, 1.54) is 0 Å². The van der Waals surface area contributed by atoms with Gasteiger partial charge in [0, 0.05) is 0 Å². The second-order valence-corrected chi connectivity index (χ2v) is 14.4. The molecule has 0 saturated carbocycles. The number of fused-ring (bicyclic) bond motifs is 2. The van der Waals surface area contributed by atoms with Gasteiger partial charge in [-0.25, -0.2) is 0 Å². The summed E-state index contributed by atoms with van der Waals surface area (Å²) in [6.45, 7) is 17.0. The second kappa shape index (κ2) is 16.3. The van der Waals surface area contributed by atoms with Crippen LogP contribution < -0.4 is 22.2 Å². The van der Waals surface area contributed by atoms with Gasteiger partial charge in [-0.2, -0.15) is 0 Å². The van der Waals surface area contributed by atoms with Crippen molar-refractivity contribution in [2.75, 3.05) is 6.54 Å². The van der Waals surface area contributed by atoms with Gasteiger partial charge in [-0.05, 0) is 19.4 Å². The zero-order valence-electron chi connectivity index (χ0n) is 30.5. The maximum absolute atomic E-state index is 11.8. The molecule has 280 valence electrons. The van der Waals surface area contributed by atoms with Gasteiger partial charge >= 0.3 is 263 Å². The molecule has 0 aromatic carbocycles. The molecule has 0 amide bonds. The molecule has 6 heterocycles. The Morgan fingerprint density at radius 3 is 2.08 bits per heavy atom. The van der Waals surface area contributed by atoms with Crippen molar-refractivity contribution in [1.29, 1.82) is 0 Å². The van der Waals surface area contributed by atoms with E-state index in [1.54, 1.807) is 0 Å². The third-order valence-electron chi connectivity index (χ3n) is 9.83. The van der Waals surface area contributed by atoms with E-state index in [9.17, 15) is 24.6 Å². The number of carbonyl (C=O) groups is 3. The van der Waals surface area contributed by atoms with Gasteiger partial charge < -0.3 is 16.6 Å². The molecule has 6 rings (SSSR count). The van der Waals surface area contributed by atoms with Gasteiger partial charge in [0.15, 0.2) is 0 Å². The first kappa shape index (κ1) is 39.1. The van der Waals surface area contributed by atoms with E-state index in [2.05, 4.69) is 45.5 Å². The van der Waals surface area contributed by atoms with E-state index in [1.807, 2.05) is 39.0 Å². The van der Waals surface area contributed by atoms with Crippen LogP contribution in [0, 0.1) is 13.8 Å². The van der Waals surface area contributed by atoms with Crippen LogP contribution in [0.4, 0.5) is 0 Å². The quantitative estimate of drug-likeness (QED) is 0.147. The summed E-state index contributed by atoms with van der Waals surface area (Å²) in [5.41, 5.74) is 23.3. The standard InChI is InChI=1S/C34H34N4O4.C6H14N2O2.Fe/c1-7-21-17(3)25-13-26-19(5)23(9-11-33(39)40)31(37-26)16-32-24(10-12-34(41)42)20(6)28(38-32)15-30-22(8-2)18(4)27(36-30)14-29(21)35-25;7-4-2-1-3-5(8)6(9)10;/h7-8,13-16H,1-2,9-12H2,3-6H3,(H4,35,36,37,38,39,40,41,42);5H,1-4,7-8H2,(H,9,10);/q;;+2/p-2/b25-13?,26-13-,27-14?,28-15-,29-14-,30-15?,31-16-,32-16?;;. The summed E-state index contributed by atoms with van der Waals surface area (Å²) in [5, 5.41) is 29.3. The number of aliphatic carboxylic acids is 3. The first-order chi connectivity index (χ1) is 25.2. The normalized spacial score (nSPS) is 19.3. The minimum atomic E-state index is -0.933. The van der Waals surface area contributed by atoms with Crippen LogP contribution >= 0.6 is 0 Å². The van der Waals surface area contributed by atoms with Gasteiger partial charge in [-0.3, -0.25) is 4.79 Å². The third kappa shape index (κ3) is 7.84. The number of carboxylic acid groups (broad SMARTS) is 3. The number of hydrogen-bond donors (Lipinski definition) is 5. The van der Waals surface area contributed by atoms with E-state index >= 15 is 0 Å². The first-order valence-electron chi connectivity index (χ1n) is 17.4. The van der Waals surface area contributed by atoms with Crippen LogP contribution in [0.5, 0.6) is 0 Å². The van der Waals surface area contributed by atoms with Crippen molar-refractivity contribution in [1.82, 2.24) is 7.17 Å². The molecule has 0 radical (unpaired) electrons. The number of allylic oxidation sites excluding steroid dienone is 4. The number of rotatable bonds is 13. The van der Waals surface area contributed by atoms with Crippen molar-refractivity contribution in [3.63, 3.8) is 0 Å². The minimum Gasteiger partial charge on any atom is -0.480 e. The van der Waals surface area contributed by atoms with Gasteiger partial charge in [0.1, 0.15) is 6.04 Å². The number of aliphatic imine (C=N–C) groups is 2. The van der Waals surface area contributed by atoms with Crippen LogP contribution in [0.15, 0.2) is 62.9 Å². The fourth-order valence-corrected chi connectivity index (χ4v) is 8.40. The summed E-state index contributed by atoms with van der Waals surface area (Å²) in [7, 11) is 0. The van der Waals surface area contributed by atoms with Gasteiger partial charge in [0.25, 0.3) is 0 Å². The van der Waals surface area contributed by atoms with Crippen LogP contribution in [-0.2, 0) is 36.2 Å². The number of unbranched alkanes of at least 4 members (excludes halogenated alkanes) is 1. The SMILES string of the molecule is C=CC1=C(C)C2=NC/1=C\c1c(C)c(C=C)c3[n]1[Fe][n]1/c(c(C)c(CCC(=O)O)/c1=C/C1=NC(=C\3)/C(C)=C1CCC(=O)O)=C\2.NCCCCC(N)C(=O)O. The van der Waals surface area contributed by atoms with Gasteiger partial charge in [-0.1, -0.05) is 6.42 Å². The summed E-state index contributed by atoms with van der Waals surface area (Å²) in [6.07, 6.45) is 14.8. The molecule has 4 aliphatic rings. The van der Waals surface area contributed by atoms with Crippen molar-refractivity contribution in [2.45, 2.75) is 78.7 Å². The third-order valence-corrected chi connectivity index (χ3v) is 11.3. The van der Waals surface area contributed by atoms with E-state index in [4.69, 9.17) is 26.6 Å². The van der Waals surface area contributed by atoms with Crippen molar-refractivity contribution >= 4 is 59.7 Å². The Kier molecular flexibility index (Phi) is 12.0. The maximum atomic E-state index is 11.8. The Labute approximate surface area is 315 Å². The molecule has 1 atom stereocenters. The Morgan fingerprint density at radius 2 is 1.45 bits per heavy atom. The minimum absolute atomic E-state index is 0.0140. The summed E-state index contributed by atoms with van der Waals surface area (Å²) in [6, 6.07) is -0.716. The molecule has 12 nitrogen and oxygen atoms in total. The zero-order valence-corrected chi connectivity index (χ0v) is 31.6. The molecular formula is C40H46FeN6O6. The molecule has 13 heteroatoms. The van der Waals surface area contributed by atoms with E-state index in [0.29, 0.717) is 46.9 Å². The summed E-state index contributed by atoms with van der Waals surface area (Å²) in [4.78, 5) is 43.6. The molecule has 4 aliphatic heterocycles. The predicted molar refractivity (Wildman–Crippen MR) is 205 cm³/mol. The Bertz CT molecular complexity index is 2260. The second-order valence-electron chi connectivity index (χ2n) is 13.2. The van der Waals surface area contributed by atoms with Crippen LogP contribution in [-0.4, -0.2) is 64.4 Å². The smallest absolute Gasteiger partial charge is 0.320 e. The van der Waals surface area contributed by atoms with Crippen molar-refractivity contribution < 1.29 is 45.1 Å². The fourth-order valence-electron chi connectivity index (χ4n) is 6.77. The monoisotopic (exact) mass is 762 g/mol. The summed E-state index contributed by atoms with van der Waals surface area (Å²) < 4.78 is 4.47. The van der Waals surface area contributed by atoms with Crippen LogP contribution in [0.2, 0.25) is 0 Å². The summed E-state index contributed by atoms with van der Waals surface area (Å²) in [5.74, 6) is -2.67. The topological polar surface area (TPSA) is 199 Å². The molecule has 0 aliphatic carbocycles. The molecule has 0 fully saturated rings. The molecule has 6 bridgehead atoms. The van der Waals surface area contributed by atoms with Crippen molar-refractivity contribution in [3.05, 3.63) is 97.3 Å². The van der Waals surface area contributed by atoms with E-state index < -0.39 is 23.9 Å². The number of aromatic nitrogens is 2. The largest absolute Gasteiger partial charge is 0.480 e. The average molecular weight is 763 g/mol.